The van der Waals surface area contributed by atoms with Gasteiger partial charge in [-0.1, -0.05) is 52.1 Å². The second kappa shape index (κ2) is 4.45. The zero-order chi connectivity index (χ0) is 11.7. The maximum absolute atomic E-state index is 2.55. The number of hydrogen-bond acceptors (Lipinski definition) is 0. The van der Waals surface area contributed by atoms with E-state index in [4.69, 9.17) is 0 Å². The summed E-state index contributed by atoms with van der Waals surface area (Å²) in [7, 11) is -0.881. The standard InChI is InChI=1S/C14H28Si/c1-14(2,3)13-9-7-12(8-10-13)11-15(4,5)6/h7,13H,8-11H2,1-6H3. The van der Waals surface area contributed by atoms with Gasteiger partial charge < -0.3 is 0 Å². The van der Waals surface area contributed by atoms with Crippen LogP contribution in [0, 0.1) is 11.3 Å². The zero-order valence-corrected chi connectivity index (χ0v) is 12.5. The molecule has 0 N–H and O–H groups in total. The second-order valence-corrected chi connectivity index (χ2v) is 12.9. The lowest BCUT2D eigenvalue weighted by molar-refractivity contribution is 0.221. The van der Waals surface area contributed by atoms with Gasteiger partial charge in [0, 0.05) is 8.07 Å². The molecule has 0 radical (unpaired) electrons. The summed E-state index contributed by atoms with van der Waals surface area (Å²) in [5, 5.41) is 0. The minimum absolute atomic E-state index is 0.501. The van der Waals surface area contributed by atoms with E-state index in [1.54, 1.807) is 5.57 Å². The van der Waals surface area contributed by atoms with Crippen LogP contribution in [0.3, 0.4) is 0 Å². The van der Waals surface area contributed by atoms with E-state index in [1.807, 2.05) is 0 Å². The lowest BCUT2D eigenvalue weighted by atomic mass is 9.73. The third-order valence-corrected chi connectivity index (χ3v) is 5.00. The van der Waals surface area contributed by atoms with Gasteiger partial charge in [0.2, 0.25) is 0 Å². The Labute approximate surface area is 97.2 Å². The predicted octanol–water partition coefficient (Wildman–Crippen LogP) is 5.10. The van der Waals surface area contributed by atoms with Gasteiger partial charge in [-0.25, -0.2) is 0 Å². The quantitative estimate of drug-likeness (QED) is 0.452. The molecule has 88 valence electrons. The summed E-state index contributed by atoms with van der Waals surface area (Å²) < 4.78 is 0. The molecule has 0 saturated heterocycles. The first-order valence-corrected chi connectivity index (χ1v) is 10.1. The summed E-state index contributed by atoms with van der Waals surface area (Å²) in [4.78, 5) is 0. The van der Waals surface area contributed by atoms with Crippen LogP contribution in [0.15, 0.2) is 11.6 Å². The van der Waals surface area contributed by atoms with Crippen molar-refractivity contribution in [3.8, 4) is 0 Å². The normalized spacial score (nSPS) is 23.9. The Kier molecular flexibility index (Phi) is 3.86. The molecule has 0 saturated carbocycles. The largest absolute Gasteiger partial charge is 0.0853 e. The Morgan fingerprint density at radius 3 is 2.20 bits per heavy atom. The molecular formula is C14H28Si. The average molecular weight is 224 g/mol. The van der Waals surface area contributed by atoms with Gasteiger partial charge in [-0.05, 0) is 36.6 Å². The first-order valence-electron chi connectivity index (χ1n) is 6.36. The highest BCUT2D eigenvalue weighted by atomic mass is 28.3. The van der Waals surface area contributed by atoms with Crippen LogP contribution in [0.1, 0.15) is 40.0 Å². The van der Waals surface area contributed by atoms with Crippen molar-refractivity contribution >= 4 is 8.07 Å². The van der Waals surface area contributed by atoms with Gasteiger partial charge in [0.05, 0.1) is 0 Å². The van der Waals surface area contributed by atoms with E-state index in [9.17, 15) is 0 Å². The molecular weight excluding hydrogens is 196 g/mol. The van der Waals surface area contributed by atoms with Gasteiger partial charge in [-0.3, -0.25) is 0 Å². The molecule has 0 bridgehead atoms. The van der Waals surface area contributed by atoms with E-state index in [1.165, 1.54) is 25.3 Å². The Morgan fingerprint density at radius 1 is 1.27 bits per heavy atom. The maximum atomic E-state index is 2.55. The van der Waals surface area contributed by atoms with Crippen molar-refractivity contribution in [2.75, 3.05) is 0 Å². The van der Waals surface area contributed by atoms with Crippen molar-refractivity contribution in [2.24, 2.45) is 11.3 Å². The van der Waals surface area contributed by atoms with Gasteiger partial charge in [-0.2, -0.15) is 0 Å². The van der Waals surface area contributed by atoms with Gasteiger partial charge in [0.25, 0.3) is 0 Å². The highest BCUT2D eigenvalue weighted by Gasteiger charge is 2.27. The molecule has 1 aliphatic carbocycles. The summed E-state index contributed by atoms with van der Waals surface area (Å²) in [6, 6.07) is 1.42. The topological polar surface area (TPSA) is 0 Å². The molecule has 0 nitrogen and oxygen atoms in total. The zero-order valence-electron chi connectivity index (χ0n) is 11.5. The van der Waals surface area contributed by atoms with Crippen molar-refractivity contribution in [1.29, 1.82) is 0 Å². The molecule has 1 unspecified atom stereocenters. The average Bonchev–Trinajstić information content (AvgIpc) is 2.00. The van der Waals surface area contributed by atoms with Crippen molar-refractivity contribution < 1.29 is 0 Å². The summed E-state index contributed by atoms with van der Waals surface area (Å²) in [6.45, 7) is 14.6. The molecule has 1 rings (SSSR count). The van der Waals surface area contributed by atoms with Crippen LogP contribution in [0.25, 0.3) is 0 Å². The van der Waals surface area contributed by atoms with Crippen LogP contribution < -0.4 is 0 Å². The lowest BCUT2D eigenvalue weighted by Gasteiger charge is -2.34. The van der Waals surface area contributed by atoms with E-state index < -0.39 is 8.07 Å². The molecule has 15 heavy (non-hydrogen) atoms. The molecule has 0 aliphatic heterocycles. The highest BCUT2D eigenvalue weighted by molar-refractivity contribution is 6.76. The number of allylic oxidation sites excluding steroid dienone is 2. The van der Waals surface area contributed by atoms with Crippen molar-refractivity contribution in [1.82, 2.24) is 0 Å². The Hall–Kier alpha value is -0.0431. The minimum atomic E-state index is -0.881. The summed E-state index contributed by atoms with van der Waals surface area (Å²) in [6.07, 6.45) is 6.66. The van der Waals surface area contributed by atoms with Crippen molar-refractivity contribution in [3.05, 3.63) is 11.6 Å². The van der Waals surface area contributed by atoms with Gasteiger partial charge in [0.1, 0.15) is 0 Å². The smallest absolute Gasteiger partial charge is 0.0483 e. The molecule has 0 amide bonds. The fourth-order valence-corrected chi connectivity index (χ4v) is 4.20. The summed E-state index contributed by atoms with van der Waals surface area (Å²) in [5.41, 5.74) is 2.26. The lowest BCUT2D eigenvalue weighted by Crippen LogP contribution is -2.25. The van der Waals surface area contributed by atoms with Crippen LogP contribution in [0.4, 0.5) is 0 Å². The van der Waals surface area contributed by atoms with Crippen LogP contribution in [0.2, 0.25) is 25.7 Å². The van der Waals surface area contributed by atoms with E-state index >= 15 is 0 Å². The van der Waals surface area contributed by atoms with Crippen LogP contribution >= 0.6 is 0 Å². The third-order valence-electron chi connectivity index (χ3n) is 3.49. The van der Waals surface area contributed by atoms with Crippen molar-refractivity contribution in [3.63, 3.8) is 0 Å². The molecule has 0 aromatic heterocycles. The molecule has 1 aliphatic rings. The molecule has 0 heterocycles. The third kappa shape index (κ3) is 4.54. The monoisotopic (exact) mass is 224 g/mol. The molecule has 0 spiro atoms. The SMILES string of the molecule is CC(C)(C)C1CC=C(C[Si](C)(C)C)CC1. The summed E-state index contributed by atoms with van der Waals surface area (Å²) >= 11 is 0. The minimum Gasteiger partial charge on any atom is -0.0853 e. The second-order valence-electron chi connectivity index (χ2n) is 7.44. The predicted molar refractivity (Wildman–Crippen MR) is 73.0 cm³/mol. The molecule has 1 heteroatoms. The van der Waals surface area contributed by atoms with Gasteiger partial charge in [0.15, 0.2) is 0 Å². The fourth-order valence-electron chi connectivity index (χ4n) is 2.52. The van der Waals surface area contributed by atoms with Crippen LogP contribution in [-0.2, 0) is 0 Å². The number of rotatable bonds is 2. The van der Waals surface area contributed by atoms with Gasteiger partial charge >= 0.3 is 0 Å². The summed E-state index contributed by atoms with van der Waals surface area (Å²) in [5.74, 6) is 0.905. The Balaban J connectivity index is 2.53. The molecule has 0 aromatic carbocycles. The Bertz CT molecular complexity index is 237. The fraction of sp³-hybridized carbons (Fsp3) is 0.857. The van der Waals surface area contributed by atoms with Crippen molar-refractivity contribution in [2.45, 2.75) is 65.7 Å². The first-order chi connectivity index (χ1) is 6.68. The molecule has 0 fully saturated rings. The van der Waals surface area contributed by atoms with Crippen LogP contribution in [0.5, 0.6) is 0 Å². The highest BCUT2D eigenvalue weighted by Crippen LogP contribution is 2.38. The molecule has 1 atom stereocenters. The molecule has 0 aromatic rings. The van der Waals surface area contributed by atoms with E-state index in [2.05, 4.69) is 46.5 Å². The first kappa shape index (κ1) is 13.0. The maximum Gasteiger partial charge on any atom is 0.0483 e. The number of hydrogen-bond donors (Lipinski definition) is 0. The van der Waals surface area contributed by atoms with E-state index in [-0.39, 0.29) is 0 Å². The van der Waals surface area contributed by atoms with Gasteiger partial charge in [-0.15, -0.1) is 0 Å². The van der Waals surface area contributed by atoms with E-state index in [0.717, 1.165) is 5.92 Å². The van der Waals surface area contributed by atoms with E-state index in [0.29, 0.717) is 5.41 Å². The van der Waals surface area contributed by atoms with Crippen LogP contribution in [-0.4, -0.2) is 8.07 Å². The Morgan fingerprint density at radius 2 is 1.87 bits per heavy atom.